The number of carbonyl (C=O) groups excluding carboxylic acids is 2. The van der Waals surface area contributed by atoms with Gasteiger partial charge < -0.3 is 15.6 Å². The number of carbonyl (C=O) groups is 2. The number of aryl methyl sites for hydroxylation is 1. The fourth-order valence-electron chi connectivity index (χ4n) is 4.25. The molecule has 1 amide bonds. The number of piperazine rings is 1. The summed E-state index contributed by atoms with van der Waals surface area (Å²) in [5.41, 5.74) is 7.68. The van der Waals surface area contributed by atoms with E-state index in [2.05, 4.69) is 15.2 Å². The van der Waals surface area contributed by atoms with Gasteiger partial charge in [-0.05, 0) is 43.7 Å². The van der Waals surface area contributed by atoms with E-state index in [1.807, 2.05) is 22.8 Å². The van der Waals surface area contributed by atoms with Crippen molar-refractivity contribution in [3.8, 4) is 0 Å². The minimum absolute atomic E-state index is 0.0922. The third-order valence-corrected chi connectivity index (χ3v) is 6.03. The fraction of sp³-hybridized carbons (Fsp3) is 0.348. The lowest BCUT2D eigenvalue weighted by molar-refractivity contribution is 0.0769. The summed E-state index contributed by atoms with van der Waals surface area (Å²) in [6.45, 7) is 3.81. The average molecular weight is 440 g/mol. The van der Waals surface area contributed by atoms with Crippen LogP contribution in [0.1, 0.15) is 33.7 Å². The maximum absolute atomic E-state index is 13.0. The van der Waals surface area contributed by atoms with Crippen molar-refractivity contribution >= 4 is 34.2 Å². The number of Topliss-reactive ketones (excluding diaryl/α,β-unsaturated/α-hetero) is 1. The van der Waals surface area contributed by atoms with Crippen LogP contribution in [0.4, 0.5) is 0 Å². The first-order valence-electron chi connectivity index (χ1n) is 10.5. The van der Waals surface area contributed by atoms with Gasteiger partial charge in [0.2, 0.25) is 0 Å². The number of amides is 1. The summed E-state index contributed by atoms with van der Waals surface area (Å²) < 4.78 is 1.96. The number of hydrogen-bond donors (Lipinski definition) is 2. The van der Waals surface area contributed by atoms with Gasteiger partial charge >= 0.3 is 0 Å². The minimum Gasteiger partial charge on any atom is -0.364 e. The summed E-state index contributed by atoms with van der Waals surface area (Å²) in [5, 5.41) is 4.80. The number of unbranched alkanes of at least 4 members (excludes halogenated alkanes) is 1. The molecule has 1 aliphatic rings. The highest BCUT2D eigenvalue weighted by Gasteiger charge is 2.29. The van der Waals surface area contributed by atoms with Crippen LogP contribution >= 0.6 is 11.6 Å². The summed E-state index contributed by atoms with van der Waals surface area (Å²) in [4.78, 5) is 31.3. The molecule has 31 heavy (non-hydrogen) atoms. The predicted molar refractivity (Wildman–Crippen MR) is 121 cm³/mol. The Kier molecular flexibility index (Phi) is 6.65. The first kappa shape index (κ1) is 21.5. The van der Waals surface area contributed by atoms with Crippen LogP contribution in [0.3, 0.4) is 0 Å². The number of fused-ring (bicyclic) bond motifs is 1. The van der Waals surface area contributed by atoms with Crippen LogP contribution in [-0.2, 0) is 6.54 Å². The molecule has 7 nitrogen and oxygen atoms in total. The molecule has 8 heteroatoms. The van der Waals surface area contributed by atoms with Crippen molar-refractivity contribution < 1.29 is 9.59 Å². The van der Waals surface area contributed by atoms with E-state index >= 15 is 0 Å². The van der Waals surface area contributed by atoms with E-state index in [1.165, 1.54) is 0 Å². The quantitative estimate of drug-likeness (QED) is 0.416. The third-order valence-electron chi connectivity index (χ3n) is 5.80. The van der Waals surface area contributed by atoms with Gasteiger partial charge in [-0.3, -0.25) is 19.5 Å². The number of nitrogens with zero attached hydrogens (tertiary/aromatic N) is 3. The van der Waals surface area contributed by atoms with Gasteiger partial charge in [-0.15, -0.1) is 0 Å². The SMILES string of the molecule is NC(=O)c1cc2cnccc2n1CCCCN1CCNCC1C(=O)c1cccc(Cl)c1. The molecule has 4 rings (SSSR count). The molecule has 3 heterocycles. The Hall–Kier alpha value is -2.74. The topological polar surface area (TPSA) is 93.2 Å². The zero-order valence-corrected chi connectivity index (χ0v) is 18.0. The van der Waals surface area contributed by atoms with Crippen molar-refractivity contribution in [3.05, 3.63) is 65.1 Å². The lowest BCUT2D eigenvalue weighted by Gasteiger charge is -2.35. The third kappa shape index (κ3) is 4.79. The van der Waals surface area contributed by atoms with E-state index in [9.17, 15) is 9.59 Å². The number of nitrogens with one attached hydrogen (secondary N) is 1. The Labute approximate surface area is 186 Å². The molecule has 0 bridgehead atoms. The molecule has 2 aromatic heterocycles. The van der Waals surface area contributed by atoms with Gasteiger partial charge in [-0.1, -0.05) is 23.7 Å². The van der Waals surface area contributed by atoms with Crippen molar-refractivity contribution in [2.24, 2.45) is 5.73 Å². The van der Waals surface area contributed by atoms with Crippen LogP contribution in [0.25, 0.3) is 10.9 Å². The molecule has 1 aliphatic heterocycles. The first-order chi connectivity index (χ1) is 15.0. The Morgan fingerprint density at radius 3 is 2.84 bits per heavy atom. The van der Waals surface area contributed by atoms with E-state index in [4.69, 9.17) is 17.3 Å². The van der Waals surface area contributed by atoms with Gasteiger partial charge in [0.15, 0.2) is 5.78 Å². The number of benzene rings is 1. The van der Waals surface area contributed by atoms with E-state index in [0.29, 0.717) is 29.4 Å². The molecule has 3 aromatic rings. The average Bonchev–Trinajstić information content (AvgIpc) is 3.15. The Morgan fingerprint density at radius 1 is 1.19 bits per heavy atom. The summed E-state index contributed by atoms with van der Waals surface area (Å²) >= 11 is 6.07. The van der Waals surface area contributed by atoms with Gasteiger partial charge in [-0.25, -0.2) is 0 Å². The molecule has 0 radical (unpaired) electrons. The highest BCUT2D eigenvalue weighted by molar-refractivity contribution is 6.31. The number of halogens is 1. The summed E-state index contributed by atoms with van der Waals surface area (Å²) in [5.74, 6) is -0.347. The van der Waals surface area contributed by atoms with Crippen LogP contribution in [0.15, 0.2) is 48.8 Å². The second kappa shape index (κ2) is 9.60. The zero-order chi connectivity index (χ0) is 21.8. The summed E-state index contributed by atoms with van der Waals surface area (Å²) in [6.07, 6.45) is 5.23. The van der Waals surface area contributed by atoms with Crippen molar-refractivity contribution in [2.45, 2.75) is 25.4 Å². The highest BCUT2D eigenvalue weighted by atomic mass is 35.5. The highest BCUT2D eigenvalue weighted by Crippen LogP contribution is 2.20. The Bertz CT molecular complexity index is 1100. The maximum Gasteiger partial charge on any atom is 0.265 e. The molecule has 1 unspecified atom stereocenters. The van der Waals surface area contributed by atoms with Crippen LogP contribution in [-0.4, -0.2) is 58.4 Å². The monoisotopic (exact) mass is 439 g/mol. The first-order valence-corrected chi connectivity index (χ1v) is 10.9. The van der Waals surface area contributed by atoms with Gasteiger partial charge in [0, 0.05) is 54.5 Å². The van der Waals surface area contributed by atoms with Crippen LogP contribution in [0, 0.1) is 0 Å². The summed E-state index contributed by atoms with van der Waals surface area (Å²) in [7, 11) is 0. The van der Waals surface area contributed by atoms with Gasteiger partial charge in [0.05, 0.1) is 11.6 Å². The molecule has 1 atom stereocenters. The van der Waals surface area contributed by atoms with E-state index < -0.39 is 5.91 Å². The molecule has 1 aromatic carbocycles. The van der Waals surface area contributed by atoms with E-state index in [1.54, 1.807) is 30.6 Å². The summed E-state index contributed by atoms with van der Waals surface area (Å²) in [6, 6.07) is 10.6. The molecule has 3 N–H and O–H groups in total. The Balaban J connectivity index is 1.40. The molecule has 1 fully saturated rings. The second-order valence-electron chi connectivity index (χ2n) is 7.82. The van der Waals surface area contributed by atoms with Gasteiger partial charge in [0.1, 0.15) is 5.69 Å². The number of nitrogens with two attached hydrogens (primary N) is 1. The normalized spacial score (nSPS) is 17.1. The number of ketones is 1. The maximum atomic E-state index is 13.0. The van der Waals surface area contributed by atoms with Crippen LogP contribution < -0.4 is 11.1 Å². The smallest absolute Gasteiger partial charge is 0.265 e. The molecule has 0 saturated carbocycles. The number of rotatable bonds is 8. The molecule has 0 aliphatic carbocycles. The van der Waals surface area contributed by atoms with Crippen molar-refractivity contribution in [1.82, 2.24) is 19.8 Å². The molecule has 0 spiro atoms. The number of primary amides is 1. The Morgan fingerprint density at radius 2 is 2.03 bits per heavy atom. The molecule has 1 saturated heterocycles. The molecular formula is C23H26ClN5O2. The van der Waals surface area contributed by atoms with E-state index in [-0.39, 0.29) is 11.8 Å². The number of pyridine rings is 1. The van der Waals surface area contributed by atoms with Gasteiger partial charge in [0.25, 0.3) is 5.91 Å². The van der Waals surface area contributed by atoms with Crippen LogP contribution in [0.5, 0.6) is 0 Å². The van der Waals surface area contributed by atoms with Crippen LogP contribution in [0.2, 0.25) is 5.02 Å². The molecular weight excluding hydrogens is 414 g/mol. The van der Waals surface area contributed by atoms with Crippen molar-refractivity contribution in [2.75, 3.05) is 26.2 Å². The van der Waals surface area contributed by atoms with Gasteiger partial charge in [-0.2, -0.15) is 0 Å². The molecule has 162 valence electrons. The predicted octanol–water partition coefficient (Wildman–Crippen LogP) is 2.73. The standard InChI is InChI=1S/C23H26ClN5O2/c24-18-5-3-4-16(12-18)22(30)21-15-27-8-11-28(21)9-1-2-10-29-19-6-7-26-14-17(19)13-20(29)23(25)31/h3-7,12-14,21,27H,1-2,8-11,15H2,(H2,25,31). The fourth-order valence-corrected chi connectivity index (χ4v) is 4.44. The number of hydrogen-bond acceptors (Lipinski definition) is 5. The van der Waals surface area contributed by atoms with E-state index in [0.717, 1.165) is 43.4 Å². The van der Waals surface area contributed by atoms with Crippen molar-refractivity contribution in [1.29, 1.82) is 0 Å². The van der Waals surface area contributed by atoms with Crippen molar-refractivity contribution in [3.63, 3.8) is 0 Å². The largest absolute Gasteiger partial charge is 0.364 e. The minimum atomic E-state index is -0.439. The lowest BCUT2D eigenvalue weighted by Crippen LogP contribution is -2.55. The second-order valence-corrected chi connectivity index (χ2v) is 8.25. The zero-order valence-electron chi connectivity index (χ0n) is 17.3. The lowest BCUT2D eigenvalue weighted by atomic mass is 10.0. The number of aromatic nitrogens is 2.